The van der Waals surface area contributed by atoms with Gasteiger partial charge in [0, 0.05) is 6.42 Å². The lowest BCUT2D eigenvalue weighted by Crippen LogP contribution is -2.41. The summed E-state index contributed by atoms with van der Waals surface area (Å²) in [6, 6.07) is 0. The van der Waals surface area contributed by atoms with E-state index in [4.69, 9.17) is 9.47 Å². The van der Waals surface area contributed by atoms with Gasteiger partial charge in [0.25, 0.3) is 5.19 Å². The normalized spacial score (nSPS) is 27.5. The summed E-state index contributed by atoms with van der Waals surface area (Å²) in [6.07, 6.45) is 3.29. The first-order chi connectivity index (χ1) is 8.26. The van der Waals surface area contributed by atoms with Gasteiger partial charge < -0.3 is 14.8 Å². The minimum Gasteiger partial charge on any atom is -0.463 e. The Balaban J connectivity index is 1.60. The quantitative estimate of drug-likeness (QED) is 0.858. The van der Waals surface area contributed by atoms with Crippen molar-refractivity contribution in [3.8, 4) is 5.19 Å². The van der Waals surface area contributed by atoms with Gasteiger partial charge in [-0.1, -0.05) is 11.3 Å². The molecule has 94 valence electrons. The number of nitrogens with one attached hydrogen (secondary N) is 1. The van der Waals surface area contributed by atoms with Crippen molar-refractivity contribution in [3.63, 3.8) is 0 Å². The molecular formula is C11H17N3O2S. The van der Waals surface area contributed by atoms with Crippen LogP contribution in [0.3, 0.4) is 0 Å². The molecule has 0 bridgehead atoms. The van der Waals surface area contributed by atoms with Crippen molar-refractivity contribution in [3.05, 3.63) is 5.01 Å². The lowest BCUT2D eigenvalue weighted by molar-refractivity contribution is -0.0205. The maximum absolute atomic E-state index is 5.96. The van der Waals surface area contributed by atoms with Gasteiger partial charge in [0.05, 0.1) is 12.2 Å². The van der Waals surface area contributed by atoms with Gasteiger partial charge in [-0.25, -0.2) is 0 Å². The highest BCUT2D eigenvalue weighted by Crippen LogP contribution is 2.35. The van der Waals surface area contributed by atoms with Gasteiger partial charge >= 0.3 is 0 Å². The molecule has 1 atom stereocenters. The average molecular weight is 255 g/mol. The third-order valence-corrected chi connectivity index (χ3v) is 4.19. The molecule has 1 spiro atoms. The first-order valence-corrected chi connectivity index (χ1v) is 6.89. The summed E-state index contributed by atoms with van der Waals surface area (Å²) in [5.74, 6) is 0. The zero-order valence-corrected chi connectivity index (χ0v) is 10.8. The number of piperidine rings is 1. The summed E-state index contributed by atoms with van der Waals surface area (Å²) in [5.41, 5.74) is 0.0512. The van der Waals surface area contributed by atoms with E-state index in [1.807, 2.05) is 6.92 Å². The Labute approximate surface area is 105 Å². The molecule has 0 saturated carbocycles. The van der Waals surface area contributed by atoms with E-state index in [1.54, 1.807) is 0 Å². The van der Waals surface area contributed by atoms with E-state index in [1.165, 1.54) is 11.3 Å². The van der Waals surface area contributed by atoms with Gasteiger partial charge in [0.15, 0.2) is 0 Å². The minimum atomic E-state index is 0.0512. The lowest BCUT2D eigenvalue weighted by atomic mass is 9.89. The smallest absolute Gasteiger partial charge is 0.294 e. The van der Waals surface area contributed by atoms with Crippen LogP contribution < -0.4 is 10.1 Å². The highest BCUT2D eigenvalue weighted by molar-refractivity contribution is 7.12. The van der Waals surface area contributed by atoms with Gasteiger partial charge in [-0.3, -0.25) is 0 Å². The van der Waals surface area contributed by atoms with E-state index in [2.05, 4.69) is 15.5 Å². The molecule has 2 aliphatic rings. The van der Waals surface area contributed by atoms with Gasteiger partial charge in [-0.2, -0.15) is 0 Å². The van der Waals surface area contributed by atoms with Gasteiger partial charge in [0.2, 0.25) is 0 Å². The molecule has 6 heteroatoms. The largest absolute Gasteiger partial charge is 0.463 e. The predicted octanol–water partition coefficient (Wildman–Crippen LogP) is 1.14. The first kappa shape index (κ1) is 11.4. The molecule has 0 amide bonds. The Bertz CT molecular complexity index is 390. The third kappa shape index (κ3) is 2.43. The number of aryl methyl sites for hydroxylation is 1. The van der Waals surface area contributed by atoms with Crippen LogP contribution in [0.2, 0.25) is 0 Å². The van der Waals surface area contributed by atoms with Gasteiger partial charge in [-0.05, 0) is 32.9 Å². The molecule has 0 aliphatic carbocycles. The lowest BCUT2D eigenvalue weighted by Gasteiger charge is -2.32. The zero-order chi connectivity index (χ0) is 11.7. The van der Waals surface area contributed by atoms with Crippen LogP contribution in [-0.4, -0.2) is 41.6 Å². The fraction of sp³-hybridized carbons (Fsp3) is 0.818. The Morgan fingerprint density at radius 3 is 2.94 bits per heavy atom. The number of ether oxygens (including phenoxy) is 2. The number of nitrogens with zero attached hydrogens (tertiary/aromatic N) is 2. The Kier molecular flexibility index (Phi) is 3.02. The fourth-order valence-corrected chi connectivity index (χ4v) is 3.18. The summed E-state index contributed by atoms with van der Waals surface area (Å²) in [5, 5.41) is 12.9. The van der Waals surface area contributed by atoms with Crippen LogP contribution in [0, 0.1) is 6.92 Å². The topological polar surface area (TPSA) is 56.3 Å². The van der Waals surface area contributed by atoms with Crippen LogP contribution in [-0.2, 0) is 4.74 Å². The van der Waals surface area contributed by atoms with Crippen molar-refractivity contribution < 1.29 is 9.47 Å². The molecule has 1 aromatic rings. The number of hydrogen-bond donors (Lipinski definition) is 1. The highest BCUT2D eigenvalue weighted by atomic mass is 32.1. The Hall–Kier alpha value is -0.720. The van der Waals surface area contributed by atoms with Crippen molar-refractivity contribution in [1.29, 1.82) is 0 Å². The third-order valence-electron chi connectivity index (χ3n) is 3.46. The summed E-state index contributed by atoms with van der Waals surface area (Å²) in [7, 11) is 0. The highest BCUT2D eigenvalue weighted by Gasteiger charge is 2.42. The summed E-state index contributed by atoms with van der Waals surface area (Å²) < 4.78 is 11.8. The molecule has 2 aliphatic heterocycles. The number of aromatic nitrogens is 2. The molecule has 3 heterocycles. The second-order valence-electron chi connectivity index (χ2n) is 4.77. The van der Waals surface area contributed by atoms with Crippen molar-refractivity contribution >= 4 is 11.3 Å². The van der Waals surface area contributed by atoms with E-state index >= 15 is 0 Å². The molecule has 5 nitrogen and oxygen atoms in total. The zero-order valence-electron chi connectivity index (χ0n) is 9.94. The summed E-state index contributed by atoms with van der Waals surface area (Å²) >= 11 is 1.50. The SMILES string of the molecule is Cc1nnc(OC2COC3(CCNCC3)C2)s1. The van der Waals surface area contributed by atoms with E-state index < -0.39 is 0 Å². The molecular weight excluding hydrogens is 238 g/mol. The van der Waals surface area contributed by atoms with E-state index in [-0.39, 0.29) is 11.7 Å². The van der Waals surface area contributed by atoms with Crippen molar-refractivity contribution in [2.75, 3.05) is 19.7 Å². The van der Waals surface area contributed by atoms with Crippen molar-refractivity contribution in [2.24, 2.45) is 0 Å². The maximum Gasteiger partial charge on any atom is 0.294 e. The molecule has 2 saturated heterocycles. The second kappa shape index (κ2) is 4.51. The molecule has 1 aromatic heterocycles. The Morgan fingerprint density at radius 2 is 2.24 bits per heavy atom. The van der Waals surface area contributed by atoms with E-state index in [9.17, 15) is 0 Å². The van der Waals surface area contributed by atoms with Crippen molar-refractivity contribution in [1.82, 2.24) is 15.5 Å². The van der Waals surface area contributed by atoms with Gasteiger partial charge in [-0.15, -0.1) is 10.2 Å². The van der Waals surface area contributed by atoms with Crippen LogP contribution in [0.5, 0.6) is 5.19 Å². The molecule has 3 rings (SSSR count). The predicted molar refractivity (Wildman–Crippen MR) is 64.5 cm³/mol. The van der Waals surface area contributed by atoms with E-state index in [0.29, 0.717) is 11.8 Å². The fourth-order valence-electron chi connectivity index (χ4n) is 2.58. The van der Waals surface area contributed by atoms with Crippen LogP contribution >= 0.6 is 11.3 Å². The summed E-state index contributed by atoms with van der Waals surface area (Å²) in [6.45, 7) is 4.71. The monoisotopic (exact) mass is 255 g/mol. The first-order valence-electron chi connectivity index (χ1n) is 6.07. The van der Waals surface area contributed by atoms with Gasteiger partial charge in [0.1, 0.15) is 11.1 Å². The number of hydrogen-bond acceptors (Lipinski definition) is 6. The average Bonchev–Trinajstić information content (AvgIpc) is 2.89. The van der Waals surface area contributed by atoms with Crippen LogP contribution in [0.15, 0.2) is 0 Å². The van der Waals surface area contributed by atoms with Crippen LogP contribution in [0.4, 0.5) is 0 Å². The molecule has 1 N–H and O–H groups in total. The molecule has 1 unspecified atom stereocenters. The second-order valence-corrected chi connectivity index (χ2v) is 5.92. The van der Waals surface area contributed by atoms with E-state index in [0.717, 1.165) is 37.4 Å². The molecule has 0 aromatic carbocycles. The van der Waals surface area contributed by atoms with Crippen LogP contribution in [0.25, 0.3) is 0 Å². The Morgan fingerprint density at radius 1 is 1.41 bits per heavy atom. The number of rotatable bonds is 2. The van der Waals surface area contributed by atoms with Crippen molar-refractivity contribution in [2.45, 2.75) is 37.9 Å². The standard InChI is InChI=1S/C11H17N3O2S/c1-8-13-14-10(17-8)16-9-6-11(15-7-9)2-4-12-5-3-11/h9,12H,2-7H2,1H3. The molecule has 0 radical (unpaired) electrons. The molecule has 2 fully saturated rings. The minimum absolute atomic E-state index is 0.0512. The maximum atomic E-state index is 5.96. The summed E-state index contributed by atoms with van der Waals surface area (Å²) in [4.78, 5) is 0. The molecule has 17 heavy (non-hydrogen) atoms. The van der Waals surface area contributed by atoms with Crippen LogP contribution in [0.1, 0.15) is 24.3 Å².